The van der Waals surface area contributed by atoms with Gasteiger partial charge in [-0.1, -0.05) is 42.8 Å². The van der Waals surface area contributed by atoms with Crippen molar-refractivity contribution in [1.82, 2.24) is 0 Å². The fourth-order valence-electron chi connectivity index (χ4n) is 2.62. The SMILES string of the molecule is CCc1cccc(C)c1NC(=O)C(=O)Nc1c(C)cc(C)cc1Cl. The number of hydrogen-bond donors (Lipinski definition) is 2. The van der Waals surface area contributed by atoms with Crippen LogP contribution in [-0.4, -0.2) is 11.8 Å². The number of carbonyl (C=O) groups is 2. The highest BCUT2D eigenvalue weighted by Gasteiger charge is 2.18. The average Bonchev–Trinajstić information content (AvgIpc) is 2.52. The largest absolute Gasteiger partial charge is 0.317 e. The van der Waals surface area contributed by atoms with Gasteiger partial charge in [0.2, 0.25) is 0 Å². The number of aryl methyl sites for hydroxylation is 4. The summed E-state index contributed by atoms with van der Waals surface area (Å²) in [7, 11) is 0. The van der Waals surface area contributed by atoms with E-state index >= 15 is 0 Å². The van der Waals surface area contributed by atoms with Crippen molar-refractivity contribution < 1.29 is 9.59 Å². The average molecular weight is 345 g/mol. The first-order chi connectivity index (χ1) is 11.3. The van der Waals surface area contributed by atoms with Crippen molar-refractivity contribution in [1.29, 1.82) is 0 Å². The fraction of sp³-hybridized carbons (Fsp3) is 0.263. The number of carbonyl (C=O) groups excluding carboxylic acids is 2. The van der Waals surface area contributed by atoms with E-state index in [0.29, 0.717) is 16.4 Å². The Labute approximate surface area is 147 Å². The minimum Gasteiger partial charge on any atom is -0.317 e. The van der Waals surface area contributed by atoms with E-state index in [1.807, 2.05) is 52.0 Å². The van der Waals surface area contributed by atoms with E-state index in [9.17, 15) is 9.59 Å². The summed E-state index contributed by atoms with van der Waals surface area (Å²) < 4.78 is 0. The minimum atomic E-state index is -0.742. The van der Waals surface area contributed by atoms with E-state index in [1.165, 1.54) is 0 Å². The van der Waals surface area contributed by atoms with Crippen molar-refractivity contribution in [2.45, 2.75) is 34.1 Å². The van der Waals surface area contributed by atoms with Gasteiger partial charge in [0.1, 0.15) is 0 Å². The molecule has 2 aromatic rings. The van der Waals surface area contributed by atoms with Crippen LogP contribution in [0.15, 0.2) is 30.3 Å². The molecule has 0 spiro atoms. The highest BCUT2D eigenvalue weighted by Crippen LogP contribution is 2.27. The van der Waals surface area contributed by atoms with Crippen LogP contribution in [0.25, 0.3) is 0 Å². The van der Waals surface area contributed by atoms with Crippen LogP contribution in [-0.2, 0) is 16.0 Å². The molecular formula is C19H21ClN2O2. The molecule has 0 fully saturated rings. The Morgan fingerprint density at radius 3 is 2.17 bits per heavy atom. The van der Waals surface area contributed by atoms with Crippen molar-refractivity contribution >= 4 is 34.8 Å². The molecule has 2 N–H and O–H groups in total. The molecule has 24 heavy (non-hydrogen) atoms. The number of para-hydroxylation sites is 1. The van der Waals surface area contributed by atoms with Gasteiger partial charge >= 0.3 is 11.8 Å². The zero-order chi connectivity index (χ0) is 17.9. The van der Waals surface area contributed by atoms with E-state index in [-0.39, 0.29) is 0 Å². The van der Waals surface area contributed by atoms with Crippen LogP contribution in [0.5, 0.6) is 0 Å². The zero-order valence-electron chi connectivity index (χ0n) is 14.3. The molecule has 2 amide bonds. The Bertz CT molecular complexity index is 777. The molecular weight excluding hydrogens is 324 g/mol. The number of benzene rings is 2. The van der Waals surface area contributed by atoms with E-state index in [2.05, 4.69) is 10.6 Å². The van der Waals surface area contributed by atoms with Gasteiger partial charge in [0, 0.05) is 5.69 Å². The summed E-state index contributed by atoms with van der Waals surface area (Å²) in [5.41, 5.74) is 4.86. The van der Waals surface area contributed by atoms with Gasteiger partial charge < -0.3 is 10.6 Å². The van der Waals surface area contributed by atoms with Gasteiger partial charge in [-0.3, -0.25) is 9.59 Å². The molecule has 0 atom stereocenters. The Morgan fingerprint density at radius 2 is 1.58 bits per heavy atom. The molecule has 5 heteroatoms. The molecule has 0 saturated carbocycles. The molecule has 0 radical (unpaired) electrons. The van der Waals surface area contributed by atoms with Gasteiger partial charge in [-0.2, -0.15) is 0 Å². The second-order valence-corrected chi connectivity index (χ2v) is 6.22. The number of halogens is 1. The standard InChI is InChI=1S/C19H21ClN2O2/c1-5-14-8-6-7-12(3)16(14)21-18(23)19(24)22-17-13(4)9-11(2)10-15(17)20/h6-10H,5H2,1-4H3,(H,21,23)(H,22,24). The first-order valence-electron chi connectivity index (χ1n) is 7.81. The lowest BCUT2D eigenvalue weighted by atomic mass is 10.1. The predicted molar refractivity (Wildman–Crippen MR) is 98.7 cm³/mol. The van der Waals surface area contributed by atoms with Crippen LogP contribution >= 0.6 is 11.6 Å². The van der Waals surface area contributed by atoms with Crippen molar-refractivity contribution in [2.24, 2.45) is 0 Å². The molecule has 0 aliphatic rings. The second kappa shape index (κ2) is 7.49. The van der Waals surface area contributed by atoms with Gasteiger partial charge in [0.15, 0.2) is 0 Å². The Kier molecular flexibility index (Phi) is 5.62. The van der Waals surface area contributed by atoms with Gasteiger partial charge in [-0.15, -0.1) is 0 Å². The van der Waals surface area contributed by atoms with Crippen LogP contribution in [0.4, 0.5) is 11.4 Å². The summed E-state index contributed by atoms with van der Waals surface area (Å²) in [4.78, 5) is 24.5. The first-order valence-corrected chi connectivity index (χ1v) is 8.18. The maximum atomic E-state index is 12.3. The van der Waals surface area contributed by atoms with Crippen LogP contribution in [0.3, 0.4) is 0 Å². The molecule has 126 valence electrons. The smallest absolute Gasteiger partial charge is 0.314 e. The summed E-state index contributed by atoms with van der Waals surface area (Å²) in [6.45, 7) is 7.65. The lowest BCUT2D eigenvalue weighted by Crippen LogP contribution is -2.30. The summed E-state index contributed by atoms with van der Waals surface area (Å²) in [6, 6.07) is 9.41. The normalized spacial score (nSPS) is 10.4. The lowest BCUT2D eigenvalue weighted by Gasteiger charge is -2.14. The topological polar surface area (TPSA) is 58.2 Å². The molecule has 4 nitrogen and oxygen atoms in total. The van der Waals surface area contributed by atoms with Crippen LogP contribution < -0.4 is 10.6 Å². The number of hydrogen-bond acceptors (Lipinski definition) is 2. The molecule has 0 unspecified atom stereocenters. The predicted octanol–water partition coefficient (Wildman–Crippen LogP) is 4.40. The van der Waals surface area contributed by atoms with Crippen molar-refractivity contribution in [3.8, 4) is 0 Å². The molecule has 0 aliphatic carbocycles. The maximum absolute atomic E-state index is 12.3. The Balaban J connectivity index is 2.19. The summed E-state index contributed by atoms with van der Waals surface area (Å²) in [6.07, 6.45) is 0.766. The first kappa shape index (κ1) is 18.0. The van der Waals surface area contributed by atoms with E-state index in [0.717, 1.165) is 28.7 Å². The summed E-state index contributed by atoms with van der Waals surface area (Å²) >= 11 is 6.17. The van der Waals surface area contributed by atoms with Crippen molar-refractivity contribution in [3.05, 3.63) is 57.6 Å². The van der Waals surface area contributed by atoms with E-state index in [4.69, 9.17) is 11.6 Å². The van der Waals surface area contributed by atoms with Crippen molar-refractivity contribution in [3.63, 3.8) is 0 Å². The summed E-state index contributed by atoms with van der Waals surface area (Å²) in [5, 5.41) is 5.72. The maximum Gasteiger partial charge on any atom is 0.314 e. The molecule has 2 aromatic carbocycles. The van der Waals surface area contributed by atoms with Crippen LogP contribution in [0.2, 0.25) is 5.02 Å². The second-order valence-electron chi connectivity index (χ2n) is 5.81. The van der Waals surface area contributed by atoms with Gasteiger partial charge in [0.25, 0.3) is 0 Å². The van der Waals surface area contributed by atoms with E-state index in [1.54, 1.807) is 6.07 Å². The highest BCUT2D eigenvalue weighted by molar-refractivity contribution is 6.45. The molecule has 0 heterocycles. The number of anilines is 2. The molecule has 0 saturated heterocycles. The number of rotatable bonds is 3. The third-order valence-electron chi connectivity index (χ3n) is 3.86. The lowest BCUT2D eigenvalue weighted by molar-refractivity contribution is -0.133. The third-order valence-corrected chi connectivity index (χ3v) is 4.15. The van der Waals surface area contributed by atoms with Crippen molar-refractivity contribution in [2.75, 3.05) is 10.6 Å². The molecule has 0 bridgehead atoms. The minimum absolute atomic E-state index is 0.416. The van der Waals surface area contributed by atoms with Gasteiger partial charge in [-0.25, -0.2) is 0 Å². The number of nitrogens with one attached hydrogen (secondary N) is 2. The van der Waals surface area contributed by atoms with Gasteiger partial charge in [0.05, 0.1) is 10.7 Å². The molecule has 0 aliphatic heterocycles. The molecule has 0 aromatic heterocycles. The van der Waals surface area contributed by atoms with E-state index < -0.39 is 11.8 Å². The third kappa shape index (κ3) is 3.95. The Hall–Kier alpha value is -2.33. The molecule has 2 rings (SSSR count). The summed E-state index contributed by atoms with van der Waals surface area (Å²) in [5.74, 6) is -1.45. The highest BCUT2D eigenvalue weighted by atomic mass is 35.5. The van der Waals surface area contributed by atoms with Crippen LogP contribution in [0.1, 0.15) is 29.2 Å². The monoisotopic (exact) mass is 344 g/mol. The fourth-order valence-corrected chi connectivity index (χ4v) is 2.99. The number of amides is 2. The zero-order valence-corrected chi connectivity index (χ0v) is 15.0. The quantitative estimate of drug-likeness (QED) is 0.810. The van der Waals surface area contributed by atoms with Gasteiger partial charge in [-0.05, 0) is 55.5 Å². The Morgan fingerprint density at radius 1 is 0.958 bits per heavy atom. The van der Waals surface area contributed by atoms with Crippen LogP contribution in [0, 0.1) is 20.8 Å².